The van der Waals surface area contributed by atoms with Gasteiger partial charge in [0.05, 0.1) is 11.4 Å². The normalized spacial score (nSPS) is 14.7. The van der Waals surface area contributed by atoms with E-state index in [0.717, 1.165) is 12.8 Å². The molecule has 0 aromatic heterocycles. The summed E-state index contributed by atoms with van der Waals surface area (Å²) >= 11 is 1.93. The first-order valence-electron chi connectivity index (χ1n) is 10.0. The SMILES string of the molecule is C1=CC2=C(CC1)Sc1ccccc1N2c1ccc(-c2ccccc2)cc1.CC. The summed E-state index contributed by atoms with van der Waals surface area (Å²) < 4.78 is 0. The van der Waals surface area contributed by atoms with E-state index in [-0.39, 0.29) is 0 Å². The highest BCUT2D eigenvalue weighted by Gasteiger charge is 2.26. The molecule has 0 bridgehead atoms. The Morgan fingerprint density at radius 2 is 1.43 bits per heavy atom. The maximum atomic E-state index is 2.41. The van der Waals surface area contributed by atoms with Crippen molar-refractivity contribution in [1.82, 2.24) is 0 Å². The lowest BCUT2D eigenvalue weighted by molar-refractivity contribution is 0.969. The average Bonchev–Trinajstić information content (AvgIpc) is 2.79. The molecule has 0 saturated heterocycles. The van der Waals surface area contributed by atoms with Crippen LogP contribution in [0.15, 0.2) is 107 Å². The predicted octanol–water partition coefficient (Wildman–Crippen LogP) is 8.19. The first-order valence-corrected chi connectivity index (χ1v) is 10.8. The van der Waals surface area contributed by atoms with Gasteiger partial charge in [0.2, 0.25) is 0 Å². The Morgan fingerprint density at radius 1 is 0.750 bits per heavy atom. The number of hydrogen-bond acceptors (Lipinski definition) is 2. The van der Waals surface area contributed by atoms with Crippen molar-refractivity contribution in [2.45, 2.75) is 31.6 Å². The first-order chi connectivity index (χ1) is 13.9. The molecule has 0 fully saturated rings. The molecule has 1 aliphatic carbocycles. The molecule has 1 nitrogen and oxygen atoms in total. The van der Waals surface area contributed by atoms with Crippen molar-refractivity contribution in [3.8, 4) is 11.1 Å². The molecular weight excluding hydrogens is 358 g/mol. The second kappa shape index (κ2) is 8.53. The van der Waals surface area contributed by atoms with Gasteiger partial charge >= 0.3 is 0 Å². The molecule has 0 N–H and O–H groups in total. The lowest BCUT2D eigenvalue weighted by Crippen LogP contribution is -2.21. The molecule has 0 amide bonds. The van der Waals surface area contributed by atoms with E-state index in [0.29, 0.717) is 0 Å². The smallest absolute Gasteiger partial charge is 0.0601 e. The third-order valence-corrected chi connectivity index (χ3v) is 6.14. The Kier molecular flexibility index (Phi) is 5.68. The fourth-order valence-corrected chi connectivity index (χ4v) is 4.80. The molecule has 0 unspecified atom stereocenters. The quantitative estimate of drug-likeness (QED) is 0.439. The largest absolute Gasteiger partial charge is 0.309 e. The summed E-state index contributed by atoms with van der Waals surface area (Å²) in [5, 5.41) is 0. The number of nitrogens with zero attached hydrogens (tertiary/aromatic N) is 1. The van der Waals surface area contributed by atoms with Crippen molar-refractivity contribution in [2.24, 2.45) is 0 Å². The zero-order valence-electron chi connectivity index (χ0n) is 16.4. The van der Waals surface area contributed by atoms with Crippen LogP contribution < -0.4 is 4.90 Å². The second-order valence-corrected chi connectivity index (χ2v) is 7.70. The van der Waals surface area contributed by atoms with Crippen LogP contribution in [0.5, 0.6) is 0 Å². The number of fused-ring (bicyclic) bond motifs is 1. The van der Waals surface area contributed by atoms with Crippen LogP contribution in [-0.4, -0.2) is 0 Å². The van der Waals surface area contributed by atoms with Crippen molar-refractivity contribution in [1.29, 1.82) is 0 Å². The van der Waals surface area contributed by atoms with Gasteiger partial charge in [-0.15, -0.1) is 0 Å². The van der Waals surface area contributed by atoms with Gasteiger partial charge in [0.15, 0.2) is 0 Å². The van der Waals surface area contributed by atoms with Crippen LogP contribution in [0, 0.1) is 0 Å². The second-order valence-electron chi connectivity index (χ2n) is 6.57. The van der Waals surface area contributed by atoms with Gasteiger partial charge in [-0.05, 0) is 54.3 Å². The van der Waals surface area contributed by atoms with E-state index < -0.39 is 0 Å². The molecule has 0 atom stereocenters. The molecule has 2 heteroatoms. The lowest BCUT2D eigenvalue weighted by Gasteiger charge is -2.35. The lowest BCUT2D eigenvalue weighted by atomic mass is 10.0. The average molecular weight is 384 g/mol. The molecule has 1 aliphatic heterocycles. The molecule has 0 saturated carbocycles. The molecule has 0 spiro atoms. The highest BCUT2D eigenvalue weighted by Crippen LogP contribution is 2.49. The van der Waals surface area contributed by atoms with E-state index in [1.165, 1.54) is 38.0 Å². The number of thioether (sulfide) groups is 1. The van der Waals surface area contributed by atoms with Crippen LogP contribution in [0.3, 0.4) is 0 Å². The fourth-order valence-electron chi connectivity index (χ4n) is 3.64. The minimum Gasteiger partial charge on any atom is -0.309 e. The fraction of sp³-hybridized carbons (Fsp3) is 0.154. The summed E-state index contributed by atoms with van der Waals surface area (Å²) in [7, 11) is 0. The summed E-state index contributed by atoms with van der Waals surface area (Å²) in [5.74, 6) is 0. The zero-order valence-corrected chi connectivity index (χ0v) is 17.2. The van der Waals surface area contributed by atoms with Gasteiger partial charge in [-0.25, -0.2) is 0 Å². The summed E-state index contributed by atoms with van der Waals surface area (Å²) in [6.45, 7) is 4.00. The highest BCUT2D eigenvalue weighted by atomic mass is 32.2. The van der Waals surface area contributed by atoms with Crippen molar-refractivity contribution in [2.75, 3.05) is 4.90 Å². The molecule has 28 heavy (non-hydrogen) atoms. The first kappa shape index (κ1) is 18.6. The van der Waals surface area contributed by atoms with Gasteiger partial charge in [-0.3, -0.25) is 0 Å². The van der Waals surface area contributed by atoms with E-state index >= 15 is 0 Å². The number of allylic oxidation sites excluding steroid dienone is 3. The van der Waals surface area contributed by atoms with E-state index in [9.17, 15) is 0 Å². The van der Waals surface area contributed by atoms with Crippen molar-refractivity contribution >= 4 is 23.1 Å². The Hall–Kier alpha value is -2.71. The summed E-state index contributed by atoms with van der Waals surface area (Å²) in [6.07, 6.45) is 6.84. The third-order valence-electron chi connectivity index (χ3n) is 4.91. The maximum absolute atomic E-state index is 2.41. The van der Waals surface area contributed by atoms with Gasteiger partial charge in [0.1, 0.15) is 0 Å². The Bertz CT molecular complexity index is 1000. The van der Waals surface area contributed by atoms with Crippen LogP contribution in [-0.2, 0) is 0 Å². The standard InChI is InChI=1S/C24H19NS.C2H6/c1-2-8-18(9-3-1)19-14-16-20(17-15-19)25-21-10-4-6-12-23(21)26-24-13-7-5-11-22(24)25;1-2/h1-6,8-12,14-17H,7,13H2;1-2H3. The number of anilines is 2. The highest BCUT2D eigenvalue weighted by molar-refractivity contribution is 8.03. The van der Waals surface area contributed by atoms with Crippen molar-refractivity contribution in [3.63, 3.8) is 0 Å². The molecule has 3 aromatic carbocycles. The van der Waals surface area contributed by atoms with Crippen LogP contribution in [0.2, 0.25) is 0 Å². The molecular formula is C26H25NS. The van der Waals surface area contributed by atoms with Crippen molar-refractivity contribution in [3.05, 3.63) is 102 Å². The van der Waals surface area contributed by atoms with Crippen LogP contribution in [0.1, 0.15) is 26.7 Å². The molecule has 3 aromatic rings. The van der Waals surface area contributed by atoms with E-state index in [2.05, 4.69) is 95.9 Å². The third kappa shape index (κ3) is 3.53. The minimum absolute atomic E-state index is 1.13. The monoisotopic (exact) mass is 383 g/mol. The zero-order chi connectivity index (χ0) is 19.3. The Labute approximate surface area is 172 Å². The number of benzene rings is 3. The van der Waals surface area contributed by atoms with E-state index in [1.54, 1.807) is 0 Å². The summed E-state index contributed by atoms with van der Waals surface area (Å²) in [5.41, 5.74) is 6.33. The molecule has 0 radical (unpaired) electrons. The van der Waals surface area contributed by atoms with Crippen LogP contribution in [0.4, 0.5) is 11.4 Å². The van der Waals surface area contributed by atoms with Gasteiger partial charge in [0.25, 0.3) is 0 Å². The summed E-state index contributed by atoms with van der Waals surface area (Å²) in [4.78, 5) is 5.22. The number of para-hydroxylation sites is 1. The molecule has 2 aliphatic rings. The number of rotatable bonds is 2. The van der Waals surface area contributed by atoms with Crippen molar-refractivity contribution < 1.29 is 0 Å². The van der Waals surface area contributed by atoms with E-state index in [1.807, 2.05) is 25.6 Å². The Morgan fingerprint density at radius 3 is 2.21 bits per heavy atom. The molecule has 5 rings (SSSR count). The van der Waals surface area contributed by atoms with E-state index in [4.69, 9.17) is 0 Å². The Balaban J connectivity index is 0.000000932. The van der Waals surface area contributed by atoms with Gasteiger partial charge in [0, 0.05) is 15.5 Å². The van der Waals surface area contributed by atoms with Crippen LogP contribution in [0.25, 0.3) is 11.1 Å². The van der Waals surface area contributed by atoms with Crippen LogP contribution >= 0.6 is 11.8 Å². The predicted molar refractivity (Wildman–Crippen MR) is 123 cm³/mol. The number of hydrogen-bond donors (Lipinski definition) is 0. The van der Waals surface area contributed by atoms with Gasteiger partial charge < -0.3 is 4.90 Å². The van der Waals surface area contributed by atoms with Gasteiger partial charge in [-0.2, -0.15) is 0 Å². The maximum Gasteiger partial charge on any atom is 0.0601 e. The van der Waals surface area contributed by atoms with Gasteiger partial charge in [-0.1, -0.05) is 86.3 Å². The minimum atomic E-state index is 1.13. The topological polar surface area (TPSA) is 3.24 Å². The molecule has 1 heterocycles. The summed E-state index contributed by atoms with van der Waals surface area (Å²) in [6, 6.07) is 28.2. The molecule has 140 valence electrons.